The van der Waals surface area contributed by atoms with Crippen LogP contribution in [-0.4, -0.2) is 28.0 Å². The fourth-order valence-corrected chi connectivity index (χ4v) is 9.81. The standard InChI is InChI=1S/C30H37NO5/c1-16(2)20-15-30-13-10-21-28(3,11-5-12-29(21,4)27(35)36)22(30)14-19(20)23-24(30)26(34)31(25(23)33)17-6-8-18(32)9-7-17/h6-9,15-16,19,21-24,32H,5,10-14H2,1-4H3,(H,35,36)/t19-,21+,22-,23+,24-,28-,29+,30+/m0/s1. The number of rotatable bonds is 3. The molecule has 1 saturated heterocycles. The number of carbonyl (C=O) groups excluding carboxylic acids is 2. The van der Waals surface area contributed by atoms with Crippen molar-refractivity contribution < 1.29 is 24.6 Å². The number of phenolic OH excluding ortho intramolecular Hbond substituents is 1. The molecule has 4 fully saturated rings. The highest BCUT2D eigenvalue weighted by Gasteiger charge is 2.73. The number of aliphatic carboxylic acids is 1. The summed E-state index contributed by atoms with van der Waals surface area (Å²) < 4.78 is 0. The number of hydrogen-bond acceptors (Lipinski definition) is 4. The number of carboxylic acids is 1. The van der Waals surface area contributed by atoms with Crippen LogP contribution in [0.3, 0.4) is 0 Å². The molecular weight excluding hydrogens is 454 g/mol. The number of carboxylic acid groups (broad SMARTS) is 1. The molecule has 5 aliphatic carbocycles. The lowest BCUT2D eigenvalue weighted by atomic mass is 9.34. The van der Waals surface area contributed by atoms with Crippen LogP contribution < -0.4 is 4.90 Å². The fraction of sp³-hybridized carbons (Fsp3) is 0.633. The summed E-state index contributed by atoms with van der Waals surface area (Å²) >= 11 is 0. The third-order valence-electron chi connectivity index (χ3n) is 11.3. The molecule has 2 amide bonds. The quantitative estimate of drug-likeness (QED) is 0.436. The molecule has 1 aromatic rings. The van der Waals surface area contributed by atoms with E-state index in [-0.39, 0.29) is 46.7 Å². The van der Waals surface area contributed by atoms with Crippen LogP contribution in [0.1, 0.15) is 66.2 Å². The van der Waals surface area contributed by atoms with Gasteiger partial charge < -0.3 is 10.2 Å². The Kier molecular flexibility index (Phi) is 4.92. The molecule has 2 N–H and O–H groups in total. The van der Waals surface area contributed by atoms with E-state index in [9.17, 15) is 24.6 Å². The maximum atomic E-state index is 14.2. The van der Waals surface area contributed by atoms with E-state index < -0.39 is 22.7 Å². The van der Waals surface area contributed by atoms with Gasteiger partial charge >= 0.3 is 5.97 Å². The summed E-state index contributed by atoms with van der Waals surface area (Å²) in [4.78, 5) is 42.0. The molecule has 36 heavy (non-hydrogen) atoms. The number of carbonyl (C=O) groups is 3. The van der Waals surface area contributed by atoms with Crippen molar-refractivity contribution in [2.45, 2.75) is 66.2 Å². The Morgan fingerprint density at radius 2 is 1.72 bits per heavy atom. The second-order valence-corrected chi connectivity index (χ2v) is 13.0. The van der Waals surface area contributed by atoms with Gasteiger partial charge in [-0.25, -0.2) is 0 Å². The van der Waals surface area contributed by atoms with Gasteiger partial charge in [-0.3, -0.25) is 19.3 Å². The second-order valence-electron chi connectivity index (χ2n) is 13.0. The number of nitrogens with zero attached hydrogens (tertiary/aromatic N) is 1. The van der Waals surface area contributed by atoms with Crippen LogP contribution in [0, 0.1) is 51.8 Å². The number of anilines is 1. The van der Waals surface area contributed by atoms with Crippen molar-refractivity contribution in [2.75, 3.05) is 4.90 Å². The second kappa shape index (κ2) is 7.45. The Labute approximate surface area is 212 Å². The lowest BCUT2D eigenvalue weighted by molar-refractivity contribution is -0.194. The van der Waals surface area contributed by atoms with Crippen molar-refractivity contribution in [3.8, 4) is 5.75 Å². The summed E-state index contributed by atoms with van der Waals surface area (Å²) in [6.07, 6.45) is 7.35. The van der Waals surface area contributed by atoms with Gasteiger partial charge in [-0.1, -0.05) is 38.8 Å². The van der Waals surface area contributed by atoms with Gasteiger partial charge in [0.05, 0.1) is 22.9 Å². The molecular formula is C30H37NO5. The van der Waals surface area contributed by atoms with Crippen LogP contribution in [0.15, 0.2) is 35.9 Å². The first-order valence-corrected chi connectivity index (χ1v) is 13.6. The number of aromatic hydroxyl groups is 1. The maximum Gasteiger partial charge on any atom is 0.309 e. The highest BCUT2D eigenvalue weighted by Crippen LogP contribution is 2.74. The van der Waals surface area contributed by atoms with Gasteiger partial charge in [0.1, 0.15) is 5.75 Å². The van der Waals surface area contributed by atoms with Crippen LogP contribution in [0.25, 0.3) is 0 Å². The molecule has 2 bridgehead atoms. The average molecular weight is 492 g/mol. The Morgan fingerprint density at radius 3 is 2.36 bits per heavy atom. The molecule has 1 aromatic carbocycles. The van der Waals surface area contributed by atoms with Crippen LogP contribution >= 0.6 is 0 Å². The lowest BCUT2D eigenvalue weighted by Crippen LogP contribution is -2.65. The van der Waals surface area contributed by atoms with Gasteiger partial charge in [0.25, 0.3) is 0 Å². The zero-order valence-electron chi connectivity index (χ0n) is 21.7. The summed E-state index contributed by atoms with van der Waals surface area (Å²) in [6, 6.07) is 6.33. The van der Waals surface area contributed by atoms with E-state index in [0.29, 0.717) is 18.0 Å². The first-order valence-electron chi connectivity index (χ1n) is 13.6. The summed E-state index contributed by atoms with van der Waals surface area (Å²) in [6.45, 7) is 8.59. The van der Waals surface area contributed by atoms with E-state index in [4.69, 9.17) is 0 Å². The lowest BCUT2D eigenvalue weighted by Gasteiger charge is -2.68. The van der Waals surface area contributed by atoms with Crippen LogP contribution in [0.5, 0.6) is 5.75 Å². The number of benzene rings is 1. The van der Waals surface area contributed by atoms with Crippen molar-refractivity contribution >= 4 is 23.5 Å². The van der Waals surface area contributed by atoms with Crippen LogP contribution in [0.4, 0.5) is 5.69 Å². The highest BCUT2D eigenvalue weighted by molar-refractivity contribution is 6.23. The van der Waals surface area contributed by atoms with Crippen molar-refractivity contribution in [3.05, 3.63) is 35.9 Å². The first kappa shape index (κ1) is 23.7. The number of fused-ring (bicyclic) bond motifs is 1. The van der Waals surface area contributed by atoms with E-state index in [1.165, 1.54) is 22.6 Å². The van der Waals surface area contributed by atoms with Crippen LogP contribution in [0.2, 0.25) is 0 Å². The Bertz CT molecular complexity index is 1190. The van der Waals surface area contributed by atoms with E-state index in [0.717, 1.165) is 32.1 Å². The topological polar surface area (TPSA) is 94.9 Å². The van der Waals surface area contributed by atoms with Gasteiger partial charge in [0.2, 0.25) is 11.8 Å². The van der Waals surface area contributed by atoms with Crippen molar-refractivity contribution in [1.82, 2.24) is 0 Å². The molecule has 0 radical (unpaired) electrons. The highest BCUT2D eigenvalue weighted by atomic mass is 16.4. The number of phenols is 1. The molecule has 1 aliphatic heterocycles. The fourth-order valence-electron chi connectivity index (χ4n) is 9.81. The van der Waals surface area contributed by atoms with E-state index >= 15 is 0 Å². The van der Waals surface area contributed by atoms with Gasteiger partial charge in [0.15, 0.2) is 0 Å². The van der Waals surface area contributed by atoms with Gasteiger partial charge in [-0.15, -0.1) is 0 Å². The molecule has 192 valence electrons. The zero-order chi connectivity index (χ0) is 25.8. The number of imide groups is 1. The zero-order valence-corrected chi connectivity index (χ0v) is 21.7. The van der Waals surface area contributed by atoms with Crippen molar-refractivity contribution in [3.63, 3.8) is 0 Å². The van der Waals surface area contributed by atoms with Crippen molar-refractivity contribution in [1.29, 1.82) is 0 Å². The maximum absolute atomic E-state index is 14.2. The molecule has 6 nitrogen and oxygen atoms in total. The molecule has 7 rings (SSSR count). The minimum Gasteiger partial charge on any atom is -0.508 e. The van der Waals surface area contributed by atoms with Gasteiger partial charge in [0, 0.05) is 5.41 Å². The number of hydrogen-bond donors (Lipinski definition) is 2. The molecule has 1 spiro atoms. The Morgan fingerprint density at radius 1 is 1.03 bits per heavy atom. The van der Waals surface area contributed by atoms with Crippen LogP contribution in [-0.2, 0) is 14.4 Å². The third-order valence-corrected chi connectivity index (χ3v) is 11.3. The van der Waals surface area contributed by atoms with E-state index in [1.54, 1.807) is 12.1 Å². The largest absolute Gasteiger partial charge is 0.508 e. The van der Waals surface area contributed by atoms with Crippen molar-refractivity contribution in [2.24, 2.45) is 51.8 Å². The first-order chi connectivity index (χ1) is 17.0. The Hall–Kier alpha value is -2.63. The normalized spacial score (nSPS) is 43.2. The predicted octanol–water partition coefficient (Wildman–Crippen LogP) is 5.41. The molecule has 8 atom stereocenters. The Balaban J connectivity index is 1.49. The molecule has 6 aliphatic rings. The monoisotopic (exact) mass is 491 g/mol. The minimum atomic E-state index is -0.747. The summed E-state index contributed by atoms with van der Waals surface area (Å²) in [7, 11) is 0. The molecule has 6 heteroatoms. The van der Waals surface area contributed by atoms with Gasteiger partial charge in [-0.05, 0) is 92.4 Å². The number of allylic oxidation sites excluding steroid dienone is 2. The minimum absolute atomic E-state index is 0.00836. The SMILES string of the molecule is CC(C)C1=C[C@]23CC[C@@H]4[C@](C)(CCC[C@@]4(C)C(=O)O)[C@@H]2C[C@@H]1[C@H]1C(=O)N(c2ccc(O)cc2)C(=O)[C@H]13. The molecule has 3 saturated carbocycles. The summed E-state index contributed by atoms with van der Waals surface area (Å²) in [5.74, 6) is -1.04. The van der Waals surface area contributed by atoms with E-state index in [2.05, 4.69) is 26.8 Å². The summed E-state index contributed by atoms with van der Waals surface area (Å²) in [5.41, 5.74) is 0.482. The summed E-state index contributed by atoms with van der Waals surface area (Å²) in [5, 5.41) is 20.0. The van der Waals surface area contributed by atoms with Gasteiger partial charge in [-0.2, -0.15) is 0 Å². The number of amides is 2. The molecule has 1 heterocycles. The molecule has 0 aromatic heterocycles. The van der Waals surface area contributed by atoms with E-state index in [1.807, 2.05) is 6.92 Å². The average Bonchev–Trinajstić information content (AvgIpc) is 3.11. The predicted molar refractivity (Wildman–Crippen MR) is 135 cm³/mol. The molecule has 0 unspecified atom stereocenters. The smallest absolute Gasteiger partial charge is 0.309 e. The third kappa shape index (κ3) is 2.76.